The van der Waals surface area contributed by atoms with Crippen LogP contribution >= 0.6 is 0 Å². The molecule has 67 heavy (non-hydrogen) atoms. The summed E-state index contributed by atoms with van der Waals surface area (Å²) in [4.78, 5) is 60.4. The molecule has 355 valence electrons. The maximum atomic E-state index is 13.0. The van der Waals surface area contributed by atoms with E-state index in [-0.39, 0.29) is 28.2 Å². The van der Waals surface area contributed by atoms with Crippen molar-refractivity contribution in [3.63, 3.8) is 0 Å². The normalized spacial score (nSPS) is 14.5. The monoisotopic (exact) mass is 954 g/mol. The third kappa shape index (κ3) is 14.6. The molecule has 1 unspecified atom stereocenters. The molecule has 2 aliphatic heterocycles. The first kappa shape index (κ1) is 50.6. The van der Waals surface area contributed by atoms with Crippen LogP contribution in [0.15, 0.2) is 97.3 Å². The topological polar surface area (TPSA) is 182 Å². The summed E-state index contributed by atoms with van der Waals surface area (Å²) in [6, 6.07) is 26.0. The van der Waals surface area contributed by atoms with Crippen LogP contribution < -0.4 is 9.80 Å². The number of rotatable bonds is 10. The summed E-state index contributed by atoms with van der Waals surface area (Å²) in [6.45, 7) is 19.7. The molecule has 0 amide bonds. The molecule has 14 nitrogen and oxygen atoms in total. The van der Waals surface area contributed by atoms with Crippen LogP contribution in [0.2, 0.25) is 0 Å². The van der Waals surface area contributed by atoms with Crippen LogP contribution in [0.25, 0.3) is 22.1 Å². The van der Waals surface area contributed by atoms with E-state index < -0.39 is 20.9 Å². The van der Waals surface area contributed by atoms with Gasteiger partial charge in [0, 0.05) is 62.3 Å². The number of aliphatic hydroxyl groups excluding tert-OH is 1. The van der Waals surface area contributed by atoms with Crippen molar-refractivity contribution in [1.29, 1.82) is 0 Å². The number of morpholine rings is 2. The number of Topliss-reactive ketones (excluding diaryl/α,β-unsaturated/α-hetero) is 2. The van der Waals surface area contributed by atoms with Gasteiger partial charge in [-0.25, -0.2) is 9.97 Å². The molecular weight excluding hydrogens is 892 g/mol. The van der Waals surface area contributed by atoms with Crippen molar-refractivity contribution in [3.05, 3.63) is 131 Å². The first-order valence-electron chi connectivity index (χ1n) is 23.0. The fourth-order valence-corrected chi connectivity index (χ4v) is 7.07. The Morgan fingerprint density at radius 1 is 0.627 bits per heavy atom. The molecule has 1 atom stereocenters. The van der Waals surface area contributed by atoms with Crippen LogP contribution in [-0.4, -0.2) is 95.0 Å². The maximum absolute atomic E-state index is 13.0. The predicted octanol–water partition coefficient (Wildman–Crippen LogP) is 8.35. The van der Waals surface area contributed by atoms with Gasteiger partial charge in [0.25, 0.3) is 0 Å². The van der Waals surface area contributed by atoms with Crippen LogP contribution in [0, 0.1) is 10.8 Å². The Morgan fingerprint density at radius 3 is 1.46 bits per heavy atom. The van der Waals surface area contributed by atoms with E-state index in [1.54, 1.807) is 43.6 Å². The molecule has 2 saturated heterocycles. The van der Waals surface area contributed by atoms with Gasteiger partial charge in [-0.2, -0.15) is 0 Å². The number of carbonyl (C=O) groups excluding carboxylic acids is 3. The summed E-state index contributed by atoms with van der Waals surface area (Å²) in [5.41, 5.74) is 6.84. The molecule has 2 aromatic heterocycles. The Balaban J connectivity index is 0.000000228. The average molecular weight is 955 g/mol. The SMILES string of the molecule is CC(C)(C)C(=O)Cc1ccc(C(=O)c2ccc3ncc(N4CCOCC4)nc3c2)cc1.CC(C)(C)C(=O)Cc1ccc(C(O)c2ccc3ncc(N4CCOCC4)nc3c2)cc1.[2H]CC.[O]=[Mn]=[O]. The van der Waals surface area contributed by atoms with E-state index in [9.17, 15) is 19.5 Å². The second kappa shape index (κ2) is 24.3. The minimum atomic E-state index is -1.44. The zero-order valence-electron chi connectivity index (χ0n) is 40.5. The Hall–Kier alpha value is -5.83. The van der Waals surface area contributed by atoms with Crippen molar-refractivity contribution >= 4 is 51.1 Å². The first-order chi connectivity index (χ1) is 32.4. The molecule has 2 aliphatic rings. The number of hydrogen-bond donors (Lipinski definition) is 1. The fourth-order valence-electron chi connectivity index (χ4n) is 7.07. The van der Waals surface area contributed by atoms with Crippen molar-refractivity contribution in [2.75, 3.05) is 62.4 Å². The van der Waals surface area contributed by atoms with Gasteiger partial charge in [0.15, 0.2) is 5.78 Å². The molecule has 8 rings (SSSR count). The molecule has 0 saturated carbocycles. The van der Waals surface area contributed by atoms with E-state index in [2.05, 4.69) is 19.8 Å². The van der Waals surface area contributed by atoms with Gasteiger partial charge in [-0.1, -0.05) is 110 Å². The quantitative estimate of drug-likeness (QED) is 0.102. The van der Waals surface area contributed by atoms with Crippen LogP contribution in [0.5, 0.6) is 0 Å². The number of anilines is 2. The van der Waals surface area contributed by atoms with Crippen LogP contribution in [0.4, 0.5) is 11.6 Å². The summed E-state index contributed by atoms with van der Waals surface area (Å²) < 4.78 is 33.8. The van der Waals surface area contributed by atoms with E-state index in [4.69, 9.17) is 28.5 Å². The van der Waals surface area contributed by atoms with E-state index in [0.29, 0.717) is 62.8 Å². The standard InChI is InChI=1S/C25H29N3O3.C25H27N3O3.C2H6.Mn.2O/c2*1-25(2,3)22(29)14-17-4-6-18(7-5-17)24(30)19-8-9-20-21(15-19)27-23(16-26-20)28-10-12-31-13-11-28;1-2;;;/h4-9,15-16,24,30H,10-14H2,1-3H3;4-9,15-16H,10-14H2,1-3H3;1-2H3;;;/i;;1D;;;. The molecule has 0 spiro atoms. The van der Waals surface area contributed by atoms with Gasteiger partial charge in [-0.3, -0.25) is 24.4 Å². The van der Waals surface area contributed by atoms with Crippen molar-refractivity contribution in [2.24, 2.45) is 10.8 Å². The molecule has 0 bridgehead atoms. The van der Waals surface area contributed by atoms with Gasteiger partial charge >= 0.3 is 22.5 Å². The second-order valence-corrected chi connectivity index (χ2v) is 18.2. The summed E-state index contributed by atoms with van der Waals surface area (Å²) in [6.07, 6.45) is 3.56. The molecule has 0 radical (unpaired) electrons. The average Bonchev–Trinajstić information content (AvgIpc) is 3.34. The predicted molar refractivity (Wildman–Crippen MR) is 255 cm³/mol. The first-order valence-corrected chi connectivity index (χ1v) is 23.3. The van der Waals surface area contributed by atoms with Gasteiger partial charge in [0.05, 0.1) is 60.9 Å². The zero-order valence-corrected chi connectivity index (χ0v) is 40.6. The van der Waals surface area contributed by atoms with Crippen molar-refractivity contribution in [1.82, 2.24) is 19.9 Å². The third-order valence-corrected chi connectivity index (χ3v) is 11.2. The van der Waals surface area contributed by atoms with Gasteiger partial charge < -0.3 is 24.4 Å². The Labute approximate surface area is 400 Å². The molecule has 2 fully saturated rings. The molecule has 1 N–H and O–H groups in total. The van der Waals surface area contributed by atoms with Gasteiger partial charge in [0.2, 0.25) is 0 Å². The van der Waals surface area contributed by atoms with E-state index in [1.165, 1.54) is 0 Å². The minimum absolute atomic E-state index is 0.0748. The van der Waals surface area contributed by atoms with Crippen molar-refractivity contribution < 1.29 is 52.8 Å². The van der Waals surface area contributed by atoms with Crippen LogP contribution in [0.1, 0.15) is 101 Å². The van der Waals surface area contributed by atoms with E-state index >= 15 is 0 Å². The molecular formula is C52H62MnN6O8. The summed E-state index contributed by atoms with van der Waals surface area (Å²) in [5.74, 6) is 1.93. The Kier molecular flexibility index (Phi) is 18.3. The number of aromatic nitrogens is 4. The van der Waals surface area contributed by atoms with Gasteiger partial charge in [-0.15, -0.1) is 0 Å². The Morgan fingerprint density at radius 2 is 1.01 bits per heavy atom. The summed E-state index contributed by atoms with van der Waals surface area (Å²) in [7, 11) is 0. The fraction of sp³-hybridized carbons (Fsp3) is 0.404. The number of hydrogen-bond acceptors (Lipinski definition) is 14. The van der Waals surface area contributed by atoms with E-state index in [1.807, 2.05) is 102 Å². The number of benzene rings is 4. The second-order valence-electron chi connectivity index (χ2n) is 18.0. The van der Waals surface area contributed by atoms with Crippen molar-refractivity contribution in [3.8, 4) is 0 Å². The zero-order chi connectivity index (χ0) is 49.4. The number of ketones is 3. The van der Waals surface area contributed by atoms with Crippen LogP contribution in [-0.2, 0) is 54.4 Å². The number of aliphatic hydroxyl groups is 1. The Bertz CT molecular complexity index is 2670. The molecule has 4 aromatic carbocycles. The van der Waals surface area contributed by atoms with Crippen molar-refractivity contribution in [2.45, 2.75) is 74.3 Å². The third-order valence-electron chi connectivity index (χ3n) is 11.2. The number of ether oxygens (including phenoxy) is 2. The van der Waals surface area contributed by atoms with E-state index in [0.717, 1.165) is 76.6 Å². The van der Waals surface area contributed by atoms with Crippen LogP contribution in [0.3, 0.4) is 0 Å². The molecule has 0 aliphatic carbocycles. The molecule has 4 heterocycles. The molecule has 15 heteroatoms. The number of nitrogens with zero attached hydrogens (tertiary/aromatic N) is 6. The summed E-state index contributed by atoms with van der Waals surface area (Å²) >= 11 is -1.44. The van der Waals surface area contributed by atoms with Gasteiger partial charge in [-0.05, 0) is 52.6 Å². The number of carbonyl (C=O) groups is 3. The molecule has 6 aromatic rings. The summed E-state index contributed by atoms with van der Waals surface area (Å²) in [5, 5.41) is 10.9. The van der Waals surface area contributed by atoms with Gasteiger partial charge in [0.1, 0.15) is 29.3 Å². The number of fused-ring (bicyclic) bond motifs is 2.